The Labute approximate surface area is 159 Å². The fourth-order valence-electron chi connectivity index (χ4n) is 3.82. The van der Waals surface area contributed by atoms with Gasteiger partial charge in [0.1, 0.15) is 0 Å². The van der Waals surface area contributed by atoms with Crippen LogP contribution in [0.15, 0.2) is 29.2 Å². The second-order valence-corrected chi connectivity index (χ2v) is 7.96. The van der Waals surface area contributed by atoms with Crippen molar-refractivity contribution in [3.05, 3.63) is 24.3 Å². The topological polar surface area (TPSA) is 64.1 Å². The minimum Gasteiger partial charge on any atom is -0.480 e. The summed E-state index contributed by atoms with van der Waals surface area (Å²) >= 11 is 1.81. The van der Waals surface area contributed by atoms with E-state index in [1.54, 1.807) is 11.8 Å². The molecule has 142 valence electrons. The minimum absolute atomic E-state index is 0.0995. The molecule has 2 heterocycles. The molecule has 0 radical (unpaired) electrons. The van der Waals surface area contributed by atoms with Gasteiger partial charge in [-0.3, -0.25) is 19.4 Å². The van der Waals surface area contributed by atoms with Gasteiger partial charge in [-0.05, 0) is 31.5 Å². The van der Waals surface area contributed by atoms with E-state index in [0.717, 1.165) is 50.5 Å². The van der Waals surface area contributed by atoms with Gasteiger partial charge in [-0.2, -0.15) is 0 Å². The number of benzene rings is 1. The highest BCUT2D eigenvalue weighted by molar-refractivity contribution is 7.99. The fourth-order valence-corrected chi connectivity index (χ4v) is 4.82. The summed E-state index contributed by atoms with van der Waals surface area (Å²) in [7, 11) is 0. The zero-order chi connectivity index (χ0) is 18.5. The molecule has 1 aromatic rings. The number of nitrogens with zero attached hydrogens (tertiary/aromatic N) is 3. The zero-order valence-corrected chi connectivity index (χ0v) is 16.1. The second kappa shape index (κ2) is 8.88. The Morgan fingerprint density at radius 2 is 1.96 bits per heavy atom. The molecule has 0 saturated carbocycles. The molecule has 1 saturated heterocycles. The smallest absolute Gasteiger partial charge is 0.317 e. The van der Waals surface area contributed by atoms with Gasteiger partial charge in [0.15, 0.2) is 0 Å². The average Bonchev–Trinajstić information content (AvgIpc) is 2.66. The number of hydrogen-bond acceptors (Lipinski definition) is 5. The summed E-state index contributed by atoms with van der Waals surface area (Å²) in [5, 5.41) is 9.04. The Hall–Kier alpha value is -1.57. The van der Waals surface area contributed by atoms with Crippen LogP contribution in [0.5, 0.6) is 0 Å². The molecular formula is C19H27N3O3S. The molecule has 1 fully saturated rings. The molecule has 3 rings (SSSR count). The molecular weight excluding hydrogens is 350 g/mol. The average molecular weight is 378 g/mol. The van der Waals surface area contributed by atoms with Crippen molar-refractivity contribution < 1.29 is 14.7 Å². The van der Waals surface area contributed by atoms with Crippen molar-refractivity contribution in [2.75, 3.05) is 49.9 Å². The maximum absolute atomic E-state index is 12.8. The summed E-state index contributed by atoms with van der Waals surface area (Å²) < 4.78 is 0. The molecule has 0 aliphatic carbocycles. The molecule has 0 aromatic heterocycles. The van der Waals surface area contributed by atoms with Gasteiger partial charge in [-0.1, -0.05) is 19.1 Å². The number of likely N-dealkylation sites (tertiary alicyclic amines) is 1. The summed E-state index contributed by atoms with van der Waals surface area (Å²) in [6.07, 6.45) is 1.83. The van der Waals surface area contributed by atoms with E-state index in [-0.39, 0.29) is 12.5 Å². The predicted molar refractivity (Wildman–Crippen MR) is 104 cm³/mol. The molecule has 1 amide bonds. The van der Waals surface area contributed by atoms with Crippen LogP contribution in [-0.4, -0.2) is 77.8 Å². The number of para-hydroxylation sites is 1. The maximum Gasteiger partial charge on any atom is 0.317 e. The Balaban J connectivity index is 1.54. The van der Waals surface area contributed by atoms with E-state index in [1.807, 2.05) is 34.9 Å². The predicted octanol–water partition coefficient (Wildman–Crippen LogP) is 2.00. The van der Waals surface area contributed by atoms with Crippen LogP contribution in [-0.2, 0) is 9.59 Å². The Bertz CT molecular complexity index is 647. The van der Waals surface area contributed by atoms with E-state index in [9.17, 15) is 9.59 Å². The van der Waals surface area contributed by atoms with Gasteiger partial charge in [0, 0.05) is 36.3 Å². The van der Waals surface area contributed by atoms with E-state index >= 15 is 0 Å². The first-order valence-corrected chi connectivity index (χ1v) is 10.3. The Kier molecular flexibility index (Phi) is 6.56. The largest absolute Gasteiger partial charge is 0.480 e. The SMILES string of the molecule is CCN(CC(=O)O)C1CCN(CC(=O)N2CCSc3ccccc32)CC1. The first kappa shape index (κ1) is 19.2. The molecule has 6 nitrogen and oxygen atoms in total. The second-order valence-electron chi connectivity index (χ2n) is 6.83. The molecule has 26 heavy (non-hydrogen) atoms. The third kappa shape index (κ3) is 4.58. The number of amides is 1. The summed E-state index contributed by atoms with van der Waals surface area (Å²) in [6.45, 7) is 5.74. The number of carbonyl (C=O) groups excluding carboxylic acids is 1. The number of piperidine rings is 1. The van der Waals surface area contributed by atoms with E-state index in [2.05, 4.69) is 11.0 Å². The van der Waals surface area contributed by atoms with Crippen LogP contribution >= 0.6 is 11.8 Å². The van der Waals surface area contributed by atoms with Crippen molar-refractivity contribution >= 4 is 29.3 Å². The van der Waals surface area contributed by atoms with Gasteiger partial charge >= 0.3 is 5.97 Å². The van der Waals surface area contributed by atoms with Crippen LogP contribution in [0.3, 0.4) is 0 Å². The van der Waals surface area contributed by atoms with Crippen LogP contribution in [0.25, 0.3) is 0 Å². The van der Waals surface area contributed by atoms with Crippen LogP contribution in [0, 0.1) is 0 Å². The quantitative estimate of drug-likeness (QED) is 0.818. The van der Waals surface area contributed by atoms with E-state index in [0.29, 0.717) is 12.6 Å². The number of hydrogen-bond donors (Lipinski definition) is 1. The van der Waals surface area contributed by atoms with Gasteiger partial charge in [0.2, 0.25) is 5.91 Å². The molecule has 0 bridgehead atoms. The molecule has 1 N–H and O–H groups in total. The number of carboxylic acid groups (broad SMARTS) is 1. The highest BCUT2D eigenvalue weighted by Crippen LogP contribution is 2.34. The highest BCUT2D eigenvalue weighted by Gasteiger charge is 2.28. The third-order valence-electron chi connectivity index (χ3n) is 5.21. The van der Waals surface area contributed by atoms with Crippen LogP contribution in [0.1, 0.15) is 19.8 Å². The zero-order valence-electron chi connectivity index (χ0n) is 15.3. The number of aliphatic carboxylic acids is 1. The number of rotatable bonds is 6. The van der Waals surface area contributed by atoms with Gasteiger partial charge < -0.3 is 10.0 Å². The normalized spacial score (nSPS) is 18.8. The first-order valence-electron chi connectivity index (χ1n) is 9.29. The van der Waals surface area contributed by atoms with Crippen LogP contribution < -0.4 is 4.90 Å². The molecule has 0 unspecified atom stereocenters. The van der Waals surface area contributed by atoms with Crippen LogP contribution in [0.2, 0.25) is 0 Å². The van der Waals surface area contributed by atoms with E-state index in [4.69, 9.17) is 5.11 Å². The maximum atomic E-state index is 12.8. The first-order chi connectivity index (χ1) is 12.6. The Morgan fingerprint density at radius 3 is 2.65 bits per heavy atom. The summed E-state index contributed by atoms with van der Waals surface area (Å²) in [6, 6.07) is 8.40. The summed E-state index contributed by atoms with van der Waals surface area (Å²) in [4.78, 5) is 31.2. The van der Waals surface area contributed by atoms with Crippen molar-refractivity contribution in [3.63, 3.8) is 0 Å². The van der Waals surface area contributed by atoms with Crippen molar-refractivity contribution in [3.8, 4) is 0 Å². The van der Waals surface area contributed by atoms with E-state index in [1.165, 1.54) is 4.90 Å². The minimum atomic E-state index is -0.772. The Morgan fingerprint density at radius 1 is 1.23 bits per heavy atom. The van der Waals surface area contributed by atoms with E-state index < -0.39 is 5.97 Å². The molecule has 2 aliphatic rings. The molecule has 2 aliphatic heterocycles. The summed E-state index contributed by atoms with van der Waals surface area (Å²) in [5.74, 6) is 0.325. The molecule has 0 spiro atoms. The number of fused-ring (bicyclic) bond motifs is 1. The number of carboxylic acids is 1. The van der Waals surface area contributed by atoms with Crippen molar-refractivity contribution in [1.82, 2.24) is 9.80 Å². The highest BCUT2D eigenvalue weighted by atomic mass is 32.2. The van der Waals surface area contributed by atoms with Crippen molar-refractivity contribution in [1.29, 1.82) is 0 Å². The van der Waals surface area contributed by atoms with Crippen molar-refractivity contribution in [2.45, 2.75) is 30.7 Å². The lowest BCUT2D eigenvalue weighted by Gasteiger charge is -2.38. The summed E-state index contributed by atoms with van der Waals surface area (Å²) in [5.41, 5.74) is 1.03. The van der Waals surface area contributed by atoms with Gasteiger partial charge in [-0.25, -0.2) is 0 Å². The van der Waals surface area contributed by atoms with Gasteiger partial charge in [-0.15, -0.1) is 11.8 Å². The van der Waals surface area contributed by atoms with Crippen molar-refractivity contribution in [2.24, 2.45) is 0 Å². The lowest BCUT2D eigenvalue weighted by molar-refractivity contribution is -0.139. The fraction of sp³-hybridized carbons (Fsp3) is 0.579. The number of thioether (sulfide) groups is 1. The molecule has 7 heteroatoms. The molecule has 1 aromatic carbocycles. The van der Waals surface area contributed by atoms with Gasteiger partial charge in [0.05, 0.1) is 18.8 Å². The number of anilines is 1. The monoisotopic (exact) mass is 377 g/mol. The van der Waals surface area contributed by atoms with Gasteiger partial charge in [0.25, 0.3) is 0 Å². The lowest BCUT2D eigenvalue weighted by atomic mass is 10.0. The third-order valence-corrected chi connectivity index (χ3v) is 6.25. The molecule has 0 atom stereocenters. The standard InChI is InChI=1S/C19H27N3O3S/c1-2-21(14-19(24)25)15-7-9-20(10-8-15)13-18(23)22-11-12-26-17-6-4-3-5-16(17)22/h3-6,15H,2,7-14H2,1H3,(H,24,25). The van der Waals surface area contributed by atoms with Crippen LogP contribution in [0.4, 0.5) is 5.69 Å². The number of carbonyl (C=O) groups is 2. The lowest BCUT2D eigenvalue weighted by Crippen LogP contribution is -2.49. The number of likely N-dealkylation sites (N-methyl/N-ethyl adjacent to an activating group) is 1.